The normalized spacial score (nSPS) is 12.4. The van der Waals surface area contributed by atoms with E-state index in [1.54, 1.807) is 24.3 Å². The summed E-state index contributed by atoms with van der Waals surface area (Å²) in [5, 5.41) is 14.5. The fourth-order valence-corrected chi connectivity index (χ4v) is 6.30. The largest absolute Gasteiger partial charge is 0.492 e. The Kier molecular flexibility index (Phi) is 13.5. The second kappa shape index (κ2) is 18.4. The second-order valence-electron chi connectivity index (χ2n) is 12.8. The molecule has 5 aromatic carbocycles. The molecule has 3 N–H and O–H groups in total. The van der Waals surface area contributed by atoms with Crippen molar-refractivity contribution in [3.8, 4) is 28.4 Å². The number of aryl methyl sites for hydroxylation is 2. The van der Waals surface area contributed by atoms with Crippen molar-refractivity contribution in [2.24, 2.45) is 0 Å². The molecule has 10 nitrogen and oxygen atoms in total. The molecule has 0 amide bonds. The lowest BCUT2D eigenvalue weighted by atomic mass is 9.99. The summed E-state index contributed by atoms with van der Waals surface area (Å²) in [5.74, 6) is 1.26. The molecule has 53 heavy (non-hydrogen) atoms. The zero-order chi connectivity index (χ0) is 37.8. The smallest absolute Gasteiger partial charge is 0.344 e. The number of carbonyl (C=O) groups is 1. The molecule has 0 aromatic heterocycles. The Labute approximate surface area is 311 Å². The predicted octanol–water partition coefficient (Wildman–Crippen LogP) is 7.13. The maximum atomic E-state index is 12.2. The number of benzene rings is 5. The number of sulfonamides is 1. The summed E-state index contributed by atoms with van der Waals surface area (Å²) in [6.07, 6.45) is 0.141. The first-order valence-electron chi connectivity index (χ1n) is 17.3. The first-order chi connectivity index (χ1) is 25.4. The van der Waals surface area contributed by atoms with E-state index in [0.29, 0.717) is 30.2 Å². The number of hydrogen-bond donors (Lipinski definition) is 3. The number of anilines is 1. The second-order valence-corrected chi connectivity index (χ2v) is 14.6. The van der Waals surface area contributed by atoms with E-state index in [1.165, 1.54) is 0 Å². The molecular formula is C42H46N2O8S. The molecule has 0 heterocycles. The zero-order valence-electron chi connectivity index (χ0n) is 30.4. The van der Waals surface area contributed by atoms with Crippen molar-refractivity contribution in [2.45, 2.75) is 46.1 Å². The fraction of sp³-hybridized carbons (Fsp3) is 0.262. The molecule has 2 atom stereocenters. The maximum Gasteiger partial charge on any atom is 0.344 e. The van der Waals surface area contributed by atoms with Crippen molar-refractivity contribution in [2.75, 3.05) is 30.7 Å². The highest BCUT2D eigenvalue weighted by molar-refractivity contribution is 7.92. The highest BCUT2D eigenvalue weighted by atomic mass is 32.2. The lowest BCUT2D eigenvalue weighted by Gasteiger charge is -2.23. The summed E-state index contributed by atoms with van der Waals surface area (Å²) in [5.41, 5.74) is 6.49. The third kappa shape index (κ3) is 11.8. The van der Waals surface area contributed by atoms with E-state index in [4.69, 9.17) is 18.9 Å². The Hall–Kier alpha value is -5.36. The number of esters is 1. The zero-order valence-corrected chi connectivity index (χ0v) is 31.2. The van der Waals surface area contributed by atoms with Crippen molar-refractivity contribution in [1.82, 2.24) is 5.32 Å². The molecule has 0 aliphatic heterocycles. The third-order valence-corrected chi connectivity index (χ3v) is 8.98. The summed E-state index contributed by atoms with van der Waals surface area (Å²) >= 11 is 0. The highest BCUT2D eigenvalue weighted by Crippen LogP contribution is 2.33. The standard InChI is InChI=1S/C42H46N2O8S/c1-29-22-36(34-16-11-17-37(24-34)50-28-40(45)52-27-33-14-9-6-10-15-33)23-30(2)42(29)49-21-20-43-31(3)41(46)35-18-19-39(38(25-35)44-53(4,47)48)51-26-32-12-7-5-8-13-32/h5-19,22-25,31,41,43-44,46H,20-21,26-28H2,1-4H3/t31-,41-/m0/s1. The third-order valence-electron chi connectivity index (χ3n) is 8.39. The molecular weight excluding hydrogens is 693 g/mol. The van der Waals surface area contributed by atoms with Crippen LogP contribution < -0.4 is 24.2 Å². The van der Waals surface area contributed by atoms with Crippen LogP contribution in [0.4, 0.5) is 5.69 Å². The Bertz CT molecular complexity index is 2050. The van der Waals surface area contributed by atoms with Gasteiger partial charge in [0.15, 0.2) is 6.61 Å². The van der Waals surface area contributed by atoms with Gasteiger partial charge in [0, 0.05) is 12.6 Å². The number of ether oxygens (including phenoxy) is 4. The SMILES string of the molecule is Cc1cc(-c2cccc(OCC(=O)OCc3ccccc3)c2)cc(C)c1OCCN[C@@H](C)[C@H](O)c1ccc(OCc2ccccc2)c(NS(C)(=O)=O)c1. The van der Waals surface area contributed by atoms with Crippen molar-refractivity contribution in [3.63, 3.8) is 0 Å². The Balaban J connectivity index is 1.13. The number of aliphatic hydroxyl groups excluding tert-OH is 1. The maximum absolute atomic E-state index is 12.2. The Morgan fingerprint density at radius 3 is 2.08 bits per heavy atom. The van der Waals surface area contributed by atoms with Crippen LogP contribution in [0.5, 0.6) is 17.2 Å². The van der Waals surface area contributed by atoms with Crippen LogP contribution in [0.1, 0.15) is 40.8 Å². The van der Waals surface area contributed by atoms with Gasteiger partial charge in [-0.15, -0.1) is 0 Å². The molecule has 0 spiro atoms. The molecule has 5 aromatic rings. The fourth-order valence-electron chi connectivity index (χ4n) is 5.74. The van der Waals surface area contributed by atoms with Gasteiger partial charge in [-0.25, -0.2) is 13.2 Å². The quantitative estimate of drug-likeness (QED) is 0.0635. The minimum Gasteiger partial charge on any atom is -0.492 e. The van der Waals surface area contributed by atoms with Crippen LogP contribution in [0.2, 0.25) is 0 Å². The van der Waals surface area contributed by atoms with Gasteiger partial charge in [0.05, 0.1) is 18.0 Å². The molecule has 0 radical (unpaired) electrons. The molecule has 278 valence electrons. The van der Waals surface area contributed by atoms with Crippen LogP contribution in [-0.4, -0.2) is 51.5 Å². The van der Waals surface area contributed by atoms with E-state index in [9.17, 15) is 18.3 Å². The lowest BCUT2D eigenvalue weighted by Crippen LogP contribution is -2.35. The van der Waals surface area contributed by atoms with E-state index in [2.05, 4.69) is 10.0 Å². The monoisotopic (exact) mass is 738 g/mol. The van der Waals surface area contributed by atoms with Gasteiger partial charge in [0.25, 0.3) is 0 Å². The van der Waals surface area contributed by atoms with Crippen LogP contribution >= 0.6 is 0 Å². The van der Waals surface area contributed by atoms with Crippen molar-refractivity contribution >= 4 is 21.7 Å². The van der Waals surface area contributed by atoms with Gasteiger partial charge in [0.1, 0.15) is 37.1 Å². The summed E-state index contributed by atoms with van der Waals surface area (Å²) in [6, 6.07) is 35.3. The van der Waals surface area contributed by atoms with E-state index in [0.717, 1.165) is 45.4 Å². The predicted molar refractivity (Wildman–Crippen MR) is 207 cm³/mol. The van der Waals surface area contributed by atoms with Gasteiger partial charge in [-0.05, 0) is 96.1 Å². The lowest BCUT2D eigenvalue weighted by molar-refractivity contribution is -0.147. The van der Waals surface area contributed by atoms with Crippen molar-refractivity contribution in [1.29, 1.82) is 0 Å². The summed E-state index contributed by atoms with van der Waals surface area (Å²) in [6.45, 7) is 6.91. The van der Waals surface area contributed by atoms with Gasteiger partial charge in [0.2, 0.25) is 10.0 Å². The van der Waals surface area contributed by atoms with Crippen molar-refractivity contribution in [3.05, 3.63) is 143 Å². The van der Waals surface area contributed by atoms with E-state index in [1.807, 2.05) is 112 Å². The molecule has 0 fully saturated rings. The Morgan fingerprint density at radius 2 is 1.42 bits per heavy atom. The summed E-state index contributed by atoms with van der Waals surface area (Å²) < 4.78 is 49.9. The number of nitrogens with one attached hydrogen (secondary N) is 2. The summed E-state index contributed by atoms with van der Waals surface area (Å²) in [4.78, 5) is 12.2. The van der Waals surface area contributed by atoms with Crippen molar-refractivity contribution < 1.29 is 37.3 Å². The van der Waals surface area contributed by atoms with Gasteiger partial charge in [-0.2, -0.15) is 0 Å². The Morgan fingerprint density at radius 1 is 0.755 bits per heavy atom. The summed E-state index contributed by atoms with van der Waals surface area (Å²) in [7, 11) is -3.60. The van der Waals surface area contributed by atoms with E-state index < -0.39 is 22.1 Å². The molecule has 0 bridgehead atoms. The molecule has 5 rings (SSSR count). The minimum atomic E-state index is -3.60. The molecule has 0 saturated heterocycles. The van der Waals surface area contributed by atoms with Gasteiger partial charge in [-0.3, -0.25) is 4.72 Å². The number of carbonyl (C=O) groups excluding carboxylic acids is 1. The molecule has 0 saturated carbocycles. The van der Waals surface area contributed by atoms with Crippen LogP contribution in [0, 0.1) is 13.8 Å². The van der Waals surface area contributed by atoms with E-state index >= 15 is 0 Å². The van der Waals surface area contributed by atoms with Gasteiger partial charge < -0.3 is 29.4 Å². The molecule has 0 unspecified atom stereocenters. The van der Waals surface area contributed by atoms with E-state index in [-0.39, 0.29) is 31.5 Å². The molecule has 11 heteroatoms. The average Bonchev–Trinajstić information content (AvgIpc) is 3.15. The topological polar surface area (TPSA) is 132 Å². The molecule has 0 aliphatic carbocycles. The van der Waals surface area contributed by atoms with Crippen LogP contribution in [0.3, 0.4) is 0 Å². The van der Waals surface area contributed by atoms with Crippen LogP contribution in [0.25, 0.3) is 11.1 Å². The highest BCUT2D eigenvalue weighted by Gasteiger charge is 2.19. The minimum absolute atomic E-state index is 0.192. The first-order valence-corrected chi connectivity index (χ1v) is 19.2. The number of hydrogen-bond acceptors (Lipinski definition) is 9. The first kappa shape index (κ1) is 38.9. The number of aliphatic hydroxyl groups is 1. The molecule has 0 aliphatic rings. The number of rotatable bonds is 18. The van der Waals surface area contributed by atoms with Crippen LogP contribution in [-0.2, 0) is 32.8 Å². The van der Waals surface area contributed by atoms with Crippen LogP contribution in [0.15, 0.2) is 115 Å². The average molecular weight is 739 g/mol. The van der Waals surface area contributed by atoms with Gasteiger partial charge in [-0.1, -0.05) is 78.9 Å². The van der Waals surface area contributed by atoms with Gasteiger partial charge >= 0.3 is 5.97 Å².